The molecule has 4 fully saturated rings. The van der Waals surface area contributed by atoms with Gasteiger partial charge in [-0.3, -0.25) is 4.90 Å². The van der Waals surface area contributed by atoms with Crippen LogP contribution in [-0.2, 0) is 0 Å². The number of aromatic nitrogens is 3. The smallest absolute Gasteiger partial charge is 0.319 e. The Balaban J connectivity index is 1.16. The molecule has 0 spiro atoms. The lowest BCUT2D eigenvalue weighted by molar-refractivity contribution is 0.108. The van der Waals surface area contributed by atoms with Crippen molar-refractivity contribution >= 4 is 49.1 Å². The molecule has 2 aromatic heterocycles. The molecule has 2 aromatic carbocycles. The second-order valence-corrected chi connectivity index (χ2v) is 12.8. The van der Waals surface area contributed by atoms with Gasteiger partial charge in [-0.2, -0.15) is 9.97 Å². The van der Waals surface area contributed by atoms with Gasteiger partial charge in [0.15, 0.2) is 15.8 Å². The molecule has 6 heterocycles. The fourth-order valence-electron chi connectivity index (χ4n) is 7.38. The highest BCUT2D eigenvalue weighted by Gasteiger charge is 2.45. The minimum atomic E-state index is 0.153. The van der Waals surface area contributed by atoms with Crippen LogP contribution in [0.5, 0.6) is 11.8 Å². The quantitative estimate of drug-likeness (QED) is 0.328. The predicted molar refractivity (Wildman–Crippen MR) is 159 cm³/mol. The highest BCUT2D eigenvalue weighted by atomic mass is 32.1. The topological polar surface area (TPSA) is 87.7 Å². The zero-order valence-electron chi connectivity index (χ0n) is 22.9. The molecular formula is C30H35N7O2S. The lowest BCUT2D eigenvalue weighted by Gasteiger charge is -2.34. The Morgan fingerprint density at radius 1 is 1.05 bits per heavy atom. The molecule has 8 rings (SSSR count). The van der Waals surface area contributed by atoms with Crippen LogP contribution in [0.4, 0.5) is 16.6 Å². The van der Waals surface area contributed by atoms with Gasteiger partial charge in [-0.25, -0.2) is 4.98 Å². The number of hydrogen-bond acceptors (Lipinski definition) is 10. The third-order valence-electron chi connectivity index (χ3n) is 9.33. The molecule has 2 N–H and O–H groups in total. The molecule has 208 valence electrons. The molecular weight excluding hydrogens is 522 g/mol. The normalized spacial score (nSPS) is 23.7. The van der Waals surface area contributed by atoms with Crippen LogP contribution >= 0.6 is 11.3 Å². The second kappa shape index (κ2) is 9.71. The van der Waals surface area contributed by atoms with Crippen LogP contribution in [0.1, 0.15) is 38.5 Å². The third-order valence-corrected chi connectivity index (χ3v) is 10.2. The van der Waals surface area contributed by atoms with Crippen molar-refractivity contribution in [2.24, 2.45) is 0 Å². The van der Waals surface area contributed by atoms with Crippen LogP contribution in [0.15, 0.2) is 36.4 Å². The van der Waals surface area contributed by atoms with Crippen LogP contribution in [0.3, 0.4) is 0 Å². The number of methoxy groups -OCH3 is 1. The molecule has 4 aromatic rings. The van der Waals surface area contributed by atoms with E-state index >= 15 is 0 Å². The summed E-state index contributed by atoms with van der Waals surface area (Å²) >= 11 is 1.55. The minimum Gasteiger partial charge on any atom is -0.497 e. The van der Waals surface area contributed by atoms with Crippen molar-refractivity contribution in [1.82, 2.24) is 25.2 Å². The predicted octanol–water partition coefficient (Wildman–Crippen LogP) is 4.94. The largest absolute Gasteiger partial charge is 0.497 e. The van der Waals surface area contributed by atoms with Crippen LogP contribution in [0.25, 0.3) is 21.1 Å². The lowest BCUT2D eigenvalue weighted by Crippen LogP contribution is -2.51. The van der Waals surface area contributed by atoms with E-state index in [0.29, 0.717) is 24.7 Å². The molecule has 9 nitrogen and oxygen atoms in total. The van der Waals surface area contributed by atoms with Gasteiger partial charge in [-0.15, -0.1) is 0 Å². The van der Waals surface area contributed by atoms with Gasteiger partial charge in [0.2, 0.25) is 0 Å². The van der Waals surface area contributed by atoms with Crippen molar-refractivity contribution < 1.29 is 9.47 Å². The first-order valence-corrected chi connectivity index (χ1v) is 15.4. The van der Waals surface area contributed by atoms with Crippen LogP contribution < -0.4 is 25.0 Å². The maximum absolute atomic E-state index is 6.45. The summed E-state index contributed by atoms with van der Waals surface area (Å²) in [4.78, 5) is 20.9. The van der Waals surface area contributed by atoms with Gasteiger partial charge in [0.25, 0.3) is 0 Å². The Labute approximate surface area is 237 Å². The molecule has 0 aliphatic carbocycles. The van der Waals surface area contributed by atoms with E-state index in [1.807, 2.05) is 12.1 Å². The molecule has 10 heteroatoms. The zero-order valence-corrected chi connectivity index (χ0v) is 23.7. The maximum atomic E-state index is 6.45. The zero-order chi connectivity index (χ0) is 26.7. The highest BCUT2D eigenvalue weighted by molar-refractivity contribution is 7.22. The summed E-state index contributed by atoms with van der Waals surface area (Å²) in [6, 6.07) is 13.9. The number of thiazole rings is 1. The standard InChI is InChI=1S/C30H35N7O2S/c1-38-22-14-19-6-2-3-7-23(19)24(15-22)32-29-33-25-26(36-16-20-8-9-21(17-36)31-20)34-28(35-27(25)40-29)39-18-30-10-4-12-37(30)13-5-11-30/h2-3,6-7,14-15,20-21,31H,4-5,8-13,16-18H2,1H3,(H,32,33). The minimum absolute atomic E-state index is 0.153. The Bertz CT molecular complexity index is 1550. The van der Waals surface area contributed by atoms with E-state index in [1.54, 1.807) is 18.4 Å². The van der Waals surface area contributed by atoms with Crippen LogP contribution in [0.2, 0.25) is 0 Å². The van der Waals surface area contributed by atoms with Gasteiger partial charge >= 0.3 is 6.01 Å². The van der Waals surface area contributed by atoms with Gasteiger partial charge in [0.05, 0.1) is 18.3 Å². The van der Waals surface area contributed by atoms with E-state index in [4.69, 9.17) is 24.4 Å². The number of nitrogens with one attached hydrogen (secondary N) is 2. The highest BCUT2D eigenvalue weighted by Crippen LogP contribution is 2.40. The number of rotatable bonds is 7. The second-order valence-electron chi connectivity index (χ2n) is 11.8. The average molecular weight is 558 g/mol. The van der Waals surface area contributed by atoms with Gasteiger partial charge in [-0.05, 0) is 63.1 Å². The summed E-state index contributed by atoms with van der Waals surface area (Å²) in [6.07, 6.45) is 7.33. The number of fused-ring (bicyclic) bond motifs is 5. The molecule has 4 aliphatic heterocycles. The molecule has 0 saturated carbocycles. The number of nitrogens with zero attached hydrogens (tertiary/aromatic N) is 5. The summed E-state index contributed by atoms with van der Waals surface area (Å²) in [5.74, 6) is 1.70. The number of piperazine rings is 1. The first kappa shape index (κ1) is 24.6. The Hall–Kier alpha value is -3.21. The van der Waals surface area contributed by atoms with Crippen molar-refractivity contribution in [3.05, 3.63) is 36.4 Å². The van der Waals surface area contributed by atoms with Crippen LogP contribution in [-0.4, -0.2) is 77.4 Å². The monoisotopic (exact) mass is 557 g/mol. The summed E-state index contributed by atoms with van der Waals surface area (Å²) in [7, 11) is 1.70. The van der Waals surface area contributed by atoms with Gasteiger partial charge in [0.1, 0.15) is 17.9 Å². The number of ether oxygens (including phenoxy) is 2. The molecule has 0 radical (unpaired) electrons. The molecule has 4 aliphatic rings. The van der Waals surface area contributed by atoms with E-state index in [1.165, 1.54) is 51.6 Å². The summed E-state index contributed by atoms with van der Waals surface area (Å²) in [6.45, 7) is 4.88. The van der Waals surface area contributed by atoms with Gasteiger partial charge in [0, 0.05) is 36.6 Å². The molecule has 40 heavy (non-hydrogen) atoms. The fourth-order valence-corrected chi connectivity index (χ4v) is 8.22. The summed E-state index contributed by atoms with van der Waals surface area (Å²) in [5.41, 5.74) is 1.96. The summed E-state index contributed by atoms with van der Waals surface area (Å²) in [5, 5.41) is 10.3. The fraction of sp³-hybridized carbons (Fsp3) is 0.500. The van der Waals surface area contributed by atoms with E-state index < -0.39 is 0 Å². The van der Waals surface area contributed by atoms with Gasteiger partial charge < -0.3 is 25.0 Å². The van der Waals surface area contributed by atoms with Crippen molar-refractivity contribution in [3.8, 4) is 11.8 Å². The van der Waals surface area contributed by atoms with E-state index in [2.05, 4.69) is 44.7 Å². The number of benzene rings is 2. The summed E-state index contributed by atoms with van der Waals surface area (Å²) < 4.78 is 12.0. The van der Waals surface area contributed by atoms with Crippen molar-refractivity contribution in [3.63, 3.8) is 0 Å². The number of hydrogen-bond donors (Lipinski definition) is 2. The third kappa shape index (κ3) is 4.24. The SMILES string of the molecule is COc1cc(Nc2nc3c(N4CC5CCC(C4)N5)nc(OCC45CCCN4CCC5)nc3s2)c2ccccc2c1. The molecule has 2 unspecified atom stereocenters. The lowest BCUT2D eigenvalue weighted by atomic mass is 9.95. The Morgan fingerprint density at radius 2 is 1.85 bits per heavy atom. The van der Waals surface area contributed by atoms with Crippen molar-refractivity contribution in [2.75, 3.05) is 50.1 Å². The Kier molecular flexibility index (Phi) is 5.97. The number of anilines is 3. The Morgan fingerprint density at radius 3 is 2.65 bits per heavy atom. The first-order chi connectivity index (χ1) is 19.7. The molecule has 2 bridgehead atoms. The van der Waals surface area contributed by atoms with Crippen molar-refractivity contribution in [2.45, 2.75) is 56.1 Å². The van der Waals surface area contributed by atoms with Gasteiger partial charge in [-0.1, -0.05) is 35.6 Å². The average Bonchev–Trinajstić information content (AvgIpc) is 3.74. The van der Waals surface area contributed by atoms with E-state index in [9.17, 15) is 0 Å². The molecule has 2 atom stereocenters. The van der Waals surface area contributed by atoms with Crippen LogP contribution in [0, 0.1) is 0 Å². The maximum Gasteiger partial charge on any atom is 0.319 e. The van der Waals surface area contributed by atoms with Crippen molar-refractivity contribution in [1.29, 1.82) is 0 Å². The first-order valence-electron chi connectivity index (χ1n) is 14.6. The van der Waals surface area contributed by atoms with E-state index in [0.717, 1.165) is 56.6 Å². The molecule has 4 saturated heterocycles. The van der Waals surface area contributed by atoms with E-state index in [-0.39, 0.29) is 5.54 Å². The molecule has 0 amide bonds.